The lowest BCUT2D eigenvalue weighted by molar-refractivity contribution is 0.0500. The molecule has 0 aromatic heterocycles. The minimum absolute atomic E-state index is 0.0156. The van der Waals surface area contributed by atoms with Crippen LogP contribution in [0.1, 0.15) is 49.4 Å². The minimum atomic E-state index is -0.154. The second-order valence-electron chi connectivity index (χ2n) is 5.26. The van der Waals surface area contributed by atoms with Crippen LogP contribution < -0.4 is 10.5 Å². The molecule has 0 aliphatic carbocycles. The molecule has 0 fully saturated rings. The van der Waals surface area contributed by atoms with Crippen molar-refractivity contribution in [3.05, 3.63) is 27.8 Å². The third-order valence-corrected chi connectivity index (χ3v) is 4.40. The second-order valence-corrected chi connectivity index (χ2v) is 5.64. The van der Waals surface area contributed by atoms with E-state index in [-0.39, 0.29) is 11.6 Å². The smallest absolute Gasteiger partial charge is 0.125 e. The van der Waals surface area contributed by atoms with Crippen LogP contribution in [0.25, 0.3) is 0 Å². The van der Waals surface area contributed by atoms with Crippen LogP contribution in [0, 0.1) is 13.8 Å². The molecule has 0 spiro atoms. The molecule has 1 aliphatic rings. The first-order valence-electron chi connectivity index (χ1n) is 6.12. The lowest BCUT2D eigenvalue weighted by Gasteiger charge is -2.39. The van der Waals surface area contributed by atoms with Crippen molar-refractivity contribution < 1.29 is 4.74 Å². The predicted octanol–water partition coefficient (Wildman–Crippen LogP) is 3.91. The largest absolute Gasteiger partial charge is 0.487 e. The second kappa shape index (κ2) is 4.18. The molecule has 2 unspecified atom stereocenters. The summed E-state index contributed by atoms with van der Waals surface area (Å²) in [7, 11) is 0. The molecular formula is C14H20ClNO. The Morgan fingerprint density at radius 1 is 1.53 bits per heavy atom. The van der Waals surface area contributed by atoms with Crippen molar-refractivity contribution in [3.8, 4) is 5.75 Å². The van der Waals surface area contributed by atoms with Gasteiger partial charge in [0.25, 0.3) is 0 Å². The first-order valence-corrected chi connectivity index (χ1v) is 6.50. The number of halogens is 1. The fourth-order valence-corrected chi connectivity index (χ4v) is 2.73. The molecule has 94 valence electrons. The average Bonchev–Trinajstić information content (AvgIpc) is 2.25. The van der Waals surface area contributed by atoms with Gasteiger partial charge in [-0.1, -0.05) is 18.5 Å². The van der Waals surface area contributed by atoms with Gasteiger partial charge in [0.1, 0.15) is 11.4 Å². The quantitative estimate of drug-likeness (QED) is 0.824. The van der Waals surface area contributed by atoms with Gasteiger partial charge in [-0.2, -0.15) is 0 Å². The Labute approximate surface area is 108 Å². The van der Waals surface area contributed by atoms with Crippen molar-refractivity contribution in [3.63, 3.8) is 0 Å². The normalized spacial score (nSPS) is 27.5. The summed E-state index contributed by atoms with van der Waals surface area (Å²) in [4.78, 5) is 0. The van der Waals surface area contributed by atoms with E-state index in [4.69, 9.17) is 22.1 Å². The molecule has 0 amide bonds. The van der Waals surface area contributed by atoms with Crippen molar-refractivity contribution in [2.24, 2.45) is 5.73 Å². The van der Waals surface area contributed by atoms with Crippen molar-refractivity contribution in [1.82, 2.24) is 0 Å². The molecule has 2 atom stereocenters. The molecule has 2 nitrogen and oxygen atoms in total. The average molecular weight is 254 g/mol. The van der Waals surface area contributed by atoms with Crippen LogP contribution in [0.4, 0.5) is 0 Å². The van der Waals surface area contributed by atoms with Crippen LogP contribution in [0.3, 0.4) is 0 Å². The Kier molecular flexibility index (Phi) is 3.13. The van der Waals surface area contributed by atoms with Crippen LogP contribution in [-0.2, 0) is 0 Å². The molecule has 1 heterocycles. The Bertz CT molecular complexity index is 458. The number of rotatable bonds is 1. The molecule has 17 heavy (non-hydrogen) atoms. The van der Waals surface area contributed by atoms with Gasteiger partial charge in [-0.15, -0.1) is 0 Å². The van der Waals surface area contributed by atoms with E-state index in [2.05, 4.69) is 13.8 Å². The molecule has 2 rings (SSSR count). The Morgan fingerprint density at radius 2 is 2.18 bits per heavy atom. The number of hydrogen-bond acceptors (Lipinski definition) is 2. The van der Waals surface area contributed by atoms with E-state index in [9.17, 15) is 0 Å². The molecule has 1 aromatic carbocycles. The Hall–Kier alpha value is -0.730. The van der Waals surface area contributed by atoms with Gasteiger partial charge in [0.05, 0.1) is 0 Å². The number of benzene rings is 1. The Morgan fingerprint density at radius 3 is 2.76 bits per heavy atom. The van der Waals surface area contributed by atoms with E-state index in [1.165, 1.54) is 0 Å². The van der Waals surface area contributed by atoms with Gasteiger partial charge in [-0.3, -0.25) is 0 Å². The van der Waals surface area contributed by atoms with Gasteiger partial charge in [0.15, 0.2) is 0 Å². The van der Waals surface area contributed by atoms with Crippen LogP contribution >= 0.6 is 11.6 Å². The van der Waals surface area contributed by atoms with E-state index in [0.717, 1.165) is 40.3 Å². The van der Waals surface area contributed by atoms with Crippen LogP contribution in [-0.4, -0.2) is 5.60 Å². The summed E-state index contributed by atoms with van der Waals surface area (Å²) in [6.07, 6.45) is 1.80. The van der Waals surface area contributed by atoms with E-state index < -0.39 is 0 Å². The fourth-order valence-electron chi connectivity index (χ4n) is 2.57. The van der Waals surface area contributed by atoms with E-state index in [1.807, 2.05) is 19.9 Å². The molecule has 0 saturated carbocycles. The molecule has 1 aliphatic heterocycles. The molecule has 3 heteroatoms. The standard InChI is InChI=1S/C14H20ClNO/c1-5-14(4)7-10(16)12-9(3)13(15)8(2)6-11(12)17-14/h6,10H,5,7,16H2,1-4H3. The van der Waals surface area contributed by atoms with Gasteiger partial charge < -0.3 is 10.5 Å². The van der Waals surface area contributed by atoms with E-state index in [1.54, 1.807) is 0 Å². The maximum atomic E-state index is 6.28. The number of hydrogen-bond donors (Lipinski definition) is 1. The van der Waals surface area contributed by atoms with Crippen molar-refractivity contribution >= 4 is 11.6 Å². The van der Waals surface area contributed by atoms with Crippen molar-refractivity contribution in [2.75, 3.05) is 0 Å². The summed E-state index contributed by atoms with van der Waals surface area (Å²) in [6, 6.07) is 2.03. The molecule has 2 N–H and O–H groups in total. The minimum Gasteiger partial charge on any atom is -0.487 e. The SMILES string of the molecule is CCC1(C)CC(N)c2c(cc(C)c(Cl)c2C)O1. The lowest BCUT2D eigenvalue weighted by atomic mass is 9.85. The predicted molar refractivity (Wildman–Crippen MR) is 71.8 cm³/mol. The number of fused-ring (bicyclic) bond motifs is 1. The molecule has 0 bridgehead atoms. The molecule has 0 saturated heterocycles. The first kappa shape index (κ1) is 12.7. The zero-order chi connectivity index (χ0) is 12.8. The lowest BCUT2D eigenvalue weighted by Crippen LogP contribution is -2.40. The maximum Gasteiger partial charge on any atom is 0.125 e. The third kappa shape index (κ3) is 2.04. The van der Waals surface area contributed by atoms with Gasteiger partial charge >= 0.3 is 0 Å². The Balaban J connectivity index is 2.57. The maximum absolute atomic E-state index is 6.28. The summed E-state index contributed by atoms with van der Waals surface area (Å²) in [5, 5.41) is 0.808. The zero-order valence-corrected chi connectivity index (χ0v) is 11.7. The highest BCUT2D eigenvalue weighted by Crippen LogP contribution is 2.44. The van der Waals surface area contributed by atoms with Crippen LogP contribution in [0.15, 0.2) is 6.07 Å². The van der Waals surface area contributed by atoms with Crippen molar-refractivity contribution in [1.29, 1.82) is 0 Å². The zero-order valence-electron chi connectivity index (χ0n) is 10.9. The molecule has 1 aromatic rings. The number of ether oxygens (including phenoxy) is 1. The van der Waals surface area contributed by atoms with Crippen LogP contribution in [0.2, 0.25) is 5.02 Å². The summed E-state index contributed by atoms with van der Waals surface area (Å²) >= 11 is 6.27. The van der Waals surface area contributed by atoms with Gasteiger partial charge in [-0.05, 0) is 44.4 Å². The summed E-state index contributed by atoms with van der Waals surface area (Å²) in [6.45, 7) is 8.27. The number of nitrogens with two attached hydrogens (primary N) is 1. The summed E-state index contributed by atoms with van der Waals surface area (Å²) in [5.74, 6) is 0.910. The number of aryl methyl sites for hydroxylation is 1. The first-order chi connectivity index (χ1) is 7.88. The molecular weight excluding hydrogens is 234 g/mol. The van der Waals surface area contributed by atoms with E-state index >= 15 is 0 Å². The van der Waals surface area contributed by atoms with Gasteiger partial charge in [-0.25, -0.2) is 0 Å². The molecule has 0 radical (unpaired) electrons. The highest BCUT2D eigenvalue weighted by molar-refractivity contribution is 6.32. The van der Waals surface area contributed by atoms with Crippen LogP contribution in [0.5, 0.6) is 5.75 Å². The van der Waals surface area contributed by atoms with Gasteiger partial charge in [0, 0.05) is 23.0 Å². The monoisotopic (exact) mass is 253 g/mol. The highest BCUT2D eigenvalue weighted by atomic mass is 35.5. The third-order valence-electron chi connectivity index (χ3n) is 3.82. The van der Waals surface area contributed by atoms with E-state index in [0.29, 0.717) is 0 Å². The summed E-state index contributed by atoms with van der Waals surface area (Å²) < 4.78 is 6.12. The summed E-state index contributed by atoms with van der Waals surface area (Å²) in [5.41, 5.74) is 9.31. The van der Waals surface area contributed by atoms with Gasteiger partial charge in [0.2, 0.25) is 0 Å². The highest BCUT2D eigenvalue weighted by Gasteiger charge is 2.35. The fraction of sp³-hybridized carbons (Fsp3) is 0.571. The topological polar surface area (TPSA) is 35.2 Å². The van der Waals surface area contributed by atoms with Crippen molar-refractivity contribution in [2.45, 2.75) is 52.2 Å².